The van der Waals surface area contributed by atoms with E-state index in [0.717, 1.165) is 6.07 Å². The van der Waals surface area contributed by atoms with Gasteiger partial charge >= 0.3 is 5.97 Å². The molecule has 0 aromatic heterocycles. The lowest BCUT2D eigenvalue weighted by atomic mass is 9.62. The number of hydrogen-bond donors (Lipinski definition) is 0. The fourth-order valence-electron chi connectivity index (χ4n) is 7.51. The van der Waals surface area contributed by atoms with Crippen LogP contribution < -0.4 is 9.64 Å². The van der Waals surface area contributed by atoms with Crippen molar-refractivity contribution in [3.8, 4) is 11.8 Å². The molecular formula is C36H37Cl2F2N3O4. The molecule has 0 N–H and O–H groups in total. The average Bonchev–Trinajstić information content (AvgIpc) is 3.46. The summed E-state index contributed by atoms with van der Waals surface area (Å²) in [5.41, 5.74) is -1.46. The lowest BCUT2D eigenvalue weighted by molar-refractivity contribution is -0.119. The molecular weight excluding hydrogens is 647 g/mol. The Bertz CT molecular complexity index is 1770. The van der Waals surface area contributed by atoms with Crippen molar-refractivity contribution < 1.29 is 27.8 Å². The summed E-state index contributed by atoms with van der Waals surface area (Å²) in [7, 11) is 2.67. The van der Waals surface area contributed by atoms with Gasteiger partial charge in [0.2, 0.25) is 5.91 Å². The van der Waals surface area contributed by atoms with Crippen molar-refractivity contribution >= 4 is 40.8 Å². The summed E-state index contributed by atoms with van der Waals surface area (Å²) in [6.07, 6.45) is -0.295. The van der Waals surface area contributed by atoms with Gasteiger partial charge in [-0.25, -0.2) is 13.6 Å². The molecule has 2 heterocycles. The van der Waals surface area contributed by atoms with Crippen LogP contribution in [-0.4, -0.2) is 49.2 Å². The molecule has 248 valence electrons. The Balaban J connectivity index is 1.85. The van der Waals surface area contributed by atoms with Crippen LogP contribution in [0.5, 0.6) is 5.75 Å². The lowest BCUT2D eigenvalue weighted by Gasteiger charge is -2.43. The van der Waals surface area contributed by atoms with E-state index in [9.17, 15) is 10.1 Å². The van der Waals surface area contributed by atoms with Gasteiger partial charge in [-0.05, 0) is 53.6 Å². The third-order valence-corrected chi connectivity index (χ3v) is 9.75. The van der Waals surface area contributed by atoms with Crippen LogP contribution in [0.25, 0.3) is 0 Å². The molecule has 1 amide bonds. The van der Waals surface area contributed by atoms with E-state index >= 15 is 13.6 Å². The third kappa shape index (κ3) is 5.64. The Labute approximate surface area is 284 Å². The highest BCUT2D eigenvalue weighted by Crippen LogP contribution is 2.60. The van der Waals surface area contributed by atoms with E-state index in [-0.39, 0.29) is 38.4 Å². The topological polar surface area (TPSA) is 82.9 Å². The first-order chi connectivity index (χ1) is 22.1. The number of hydrogen-bond acceptors (Lipinski definition) is 6. The molecule has 11 heteroatoms. The van der Waals surface area contributed by atoms with Crippen molar-refractivity contribution in [2.75, 3.05) is 19.1 Å². The predicted molar refractivity (Wildman–Crippen MR) is 177 cm³/mol. The maximum Gasteiger partial charge on any atom is 0.341 e. The van der Waals surface area contributed by atoms with Gasteiger partial charge in [0.1, 0.15) is 34.4 Å². The number of anilines is 1. The maximum atomic E-state index is 16.2. The molecule has 47 heavy (non-hydrogen) atoms. The van der Waals surface area contributed by atoms with Crippen LogP contribution in [0, 0.1) is 34.3 Å². The Morgan fingerprint density at radius 3 is 2.36 bits per heavy atom. The first-order valence-electron chi connectivity index (χ1n) is 15.3. The van der Waals surface area contributed by atoms with Gasteiger partial charge in [-0.15, -0.1) is 0 Å². The molecule has 5 rings (SSSR count). The molecule has 0 spiro atoms. The molecule has 0 bridgehead atoms. The van der Waals surface area contributed by atoms with E-state index in [1.165, 1.54) is 44.6 Å². The van der Waals surface area contributed by atoms with Gasteiger partial charge in [0, 0.05) is 34.3 Å². The Hall–Kier alpha value is -3.71. The molecule has 5 atom stereocenters. The summed E-state index contributed by atoms with van der Waals surface area (Å²) in [6.45, 7) is 9.92. The quantitative estimate of drug-likeness (QED) is 0.234. The van der Waals surface area contributed by atoms with Gasteiger partial charge in [-0.2, -0.15) is 5.26 Å². The van der Waals surface area contributed by atoms with Crippen molar-refractivity contribution in [3.63, 3.8) is 0 Å². The second-order valence-electron chi connectivity index (χ2n) is 13.6. The van der Waals surface area contributed by atoms with Crippen molar-refractivity contribution in [3.05, 3.63) is 93.0 Å². The summed E-state index contributed by atoms with van der Waals surface area (Å²) >= 11 is 12.5. The minimum Gasteiger partial charge on any atom is -0.496 e. The minimum absolute atomic E-state index is 0.0309. The van der Waals surface area contributed by atoms with E-state index in [1.807, 2.05) is 39.5 Å². The normalized spacial score (nSPS) is 24.4. The van der Waals surface area contributed by atoms with Crippen LogP contribution in [0.2, 0.25) is 10.0 Å². The number of rotatable bonds is 7. The van der Waals surface area contributed by atoms with Crippen molar-refractivity contribution in [2.24, 2.45) is 11.3 Å². The zero-order valence-corrected chi connectivity index (χ0v) is 28.8. The predicted octanol–water partition coefficient (Wildman–Crippen LogP) is 8.13. The number of amides is 1. The molecule has 0 radical (unpaired) electrons. The number of ether oxygens (including phenoxy) is 2. The largest absolute Gasteiger partial charge is 0.496 e. The van der Waals surface area contributed by atoms with Gasteiger partial charge in [-0.3, -0.25) is 14.6 Å². The van der Waals surface area contributed by atoms with Crippen molar-refractivity contribution in [1.82, 2.24) is 4.90 Å². The third-order valence-electron chi connectivity index (χ3n) is 9.22. The van der Waals surface area contributed by atoms with Gasteiger partial charge in [0.25, 0.3) is 0 Å². The van der Waals surface area contributed by atoms with Crippen LogP contribution in [-0.2, 0) is 14.9 Å². The monoisotopic (exact) mass is 683 g/mol. The SMILES string of the molecule is COC(=O)c1ccc(N2C(=O)[C@H]3[C@H](c4cccc(Cl)c4F)[C@@](C#N)(c4ccc(Cl)cc4F)[C@H](CC(C)(C)C)N3[C@@H]2C(C)C)cc1OC. The lowest BCUT2D eigenvalue weighted by Crippen LogP contribution is -2.53. The Morgan fingerprint density at radius 2 is 1.79 bits per heavy atom. The summed E-state index contributed by atoms with van der Waals surface area (Å²) in [5, 5.41) is 11.3. The fourth-order valence-corrected chi connectivity index (χ4v) is 7.85. The number of fused-ring (bicyclic) bond motifs is 1. The van der Waals surface area contributed by atoms with Gasteiger partial charge < -0.3 is 9.47 Å². The number of halogens is 4. The van der Waals surface area contributed by atoms with E-state index in [0.29, 0.717) is 12.1 Å². The van der Waals surface area contributed by atoms with Crippen LogP contribution in [0.3, 0.4) is 0 Å². The van der Waals surface area contributed by atoms with Crippen LogP contribution in [0.15, 0.2) is 54.6 Å². The van der Waals surface area contributed by atoms with Crippen molar-refractivity contribution in [1.29, 1.82) is 5.26 Å². The number of nitrogens with zero attached hydrogens (tertiary/aromatic N) is 3. The number of carbonyl (C=O) groups excluding carboxylic acids is 2. The molecule has 0 saturated carbocycles. The van der Waals surface area contributed by atoms with E-state index in [1.54, 1.807) is 23.1 Å². The van der Waals surface area contributed by atoms with E-state index in [4.69, 9.17) is 32.7 Å². The molecule has 2 aliphatic rings. The summed E-state index contributed by atoms with van der Waals surface area (Å²) in [5.74, 6) is -3.70. The van der Waals surface area contributed by atoms with E-state index in [2.05, 4.69) is 6.07 Å². The first-order valence-corrected chi connectivity index (χ1v) is 16.1. The smallest absolute Gasteiger partial charge is 0.341 e. The number of benzene rings is 3. The number of carbonyl (C=O) groups is 2. The summed E-state index contributed by atoms with van der Waals surface area (Å²) in [4.78, 5) is 31.0. The van der Waals surface area contributed by atoms with Crippen LogP contribution in [0.1, 0.15) is 68.4 Å². The highest BCUT2D eigenvalue weighted by atomic mass is 35.5. The van der Waals surface area contributed by atoms with Gasteiger partial charge in [-0.1, -0.05) is 76.0 Å². The second-order valence-corrected chi connectivity index (χ2v) is 14.5. The highest BCUT2D eigenvalue weighted by molar-refractivity contribution is 6.31. The van der Waals surface area contributed by atoms with Gasteiger partial charge in [0.05, 0.1) is 31.5 Å². The molecule has 0 unspecified atom stereocenters. The summed E-state index contributed by atoms with van der Waals surface area (Å²) < 4.78 is 42.8. The molecule has 2 fully saturated rings. The maximum absolute atomic E-state index is 16.2. The van der Waals surface area contributed by atoms with Gasteiger partial charge in [0.15, 0.2) is 0 Å². The number of methoxy groups -OCH3 is 2. The molecule has 7 nitrogen and oxygen atoms in total. The fraction of sp³-hybridized carbons (Fsp3) is 0.417. The summed E-state index contributed by atoms with van der Waals surface area (Å²) in [6, 6.07) is 13.9. The van der Waals surface area contributed by atoms with Crippen LogP contribution >= 0.6 is 23.2 Å². The highest BCUT2D eigenvalue weighted by Gasteiger charge is 2.70. The number of nitriles is 1. The molecule has 3 aromatic carbocycles. The second kappa shape index (κ2) is 12.7. The standard InChI is InChI=1S/C36H37Cl2F2N3O4/c1-19(2)32-42(21-12-13-22(34(45)47-7)27(16-21)46-6)33(44)31-29(23-9-8-10-25(38)30(23)40)36(18-41,24-14-11-20(37)15-26(24)39)28(43(31)32)17-35(3,4)5/h8-16,19,28-29,31-32H,17H2,1-7H3/t28-,29-,31+,32+,36-/m0/s1. The van der Waals surface area contributed by atoms with E-state index < -0.39 is 58.5 Å². The molecule has 2 saturated heterocycles. The Kier molecular flexibility index (Phi) is 9.37. The molecule has 0 aliphatic carbocycles. The Morgan fingerprint density at radius 1 is 1.09 bits per heavy atom. The van der Waals surface area contributed by atoms with Crippen LogP contribution in [0.4, 0.5) is 14.5 Å². The molecule has 2 aliphatic heterocycles. The average molecular weight is 685 g/mol. The number of esters is 1. The zero-order valence-electron chi connectivity index (χ0n) is 27.3. The zero-order chi connectivity index (χ0) is 34.6. The first kappa shape index (κ1) is 34.6. The molecule has 3 aromatic rings. The minimum atomic E-state index is -1.74. The van der Waals surface area contributed by atoms with Crippen molar-refractivity contribution in [2.45, 2.75) is 70.6 Å².